The first-order valence-electron chi connectivity index (χ1n) is 9.04. The molecule has 1 amide bonds. The first kappa shape index (κ1) is 19.9. The SMILES string of the molecule is COc1ccccc1CNC(=O)CSc1nnc(CC(C)c2ccccc2)o1. The van der Waals surface area contributed by atoms with Crippen LogP contribution in [0.3, 0.4) is 0 Å². The van der Waals surface area contributed by atoms with Crippen molar-refractivity contribution in [2.24, 2.45) is 0 Å². The molecule has 6 nitrogen and oxygen atoms in total. The predicted octanol–water partition coefficient (Wildman–Crippen LogP) is 3.83. The van der Waals surface area contributed by atoms with Crippen LogP contribution in [-0.4, -0.2) is 29.0 Å². The van der Waals surface area contributed by atoms with Crippen LogP contribution in [0.25, 0.3) is 0 Å². The first-order chi connectivity index (χ1) is 13.7. The van der Waals surface area contributed by atoms with E-state index in [4.69, 9.17) is 9.15 Å². The monoisotopic (exact) mass is 397 g/mol. The van der Waals surface area contributed by atoms with Gasteiger partial charge in [0.2, 0.25) is 11.8 Å². The third kappa shape index (κ3) is 5.60. The zero-order valence-corrected chi connectivity index (χ0v) is 16.7. The number of ether oxygens (including phenoxy) is 1. The fraction of sp³-hybridized carbons (Fsp3) is 0.286. The van der Waals surface area contributed by atoms with Gasteiger partial charge >= 0.3 is 0 Å². The van der Waals surface area contributed by atoms with Crippen molar-refractivity contribution in [3.8, 4) is 5.75 Å². The molecular weight excluding hydrogens is 374 g/mol. The summed E-state index contributed by atoms with van der Waals surface area (Å²) in [5.41, 5.74) is 2.16. The third-order valence-corrected chi connectivity index (χ3v) is 5.11. The average Bonchev–Trinajstić information content (AvgIpc) is 3.18. The molecule has 2 aromatic carbocycles. The predicted molar refractivity (Wildman–Crippen MR) is 108 cm³/mol. The molecule has 28 heavy (non-hydrogen) atoms. The van der Waals surface area contributed by atoms with E-state index in [-0.39, 0.29) is 17.6 Å². The Morgan fingerprint density at radius 1 is 1.14 bits per heavy atom. The average molecular weight is 398 g/mol. The minimum atomic E-state index is -0.103. The Hall–Kier alpha value is -2.80. The fourth-order valence-electron chi connectivity index (χ4n) is 2.76. The van der Waals surface area contributed by atoms with E-state index >= 15 is 0 Å². The number of hydrogen-bond donors (Lipinski definition) is 1. The maximum Gasteiger partial charge on any atom is 0.277 e. The standard InChI is InChI=1S/C21H23N3O3S/c1-15(16-8-4-3-5-9-16)12-20-23-24-21(27-20)28-14-19(25)22-13-17-10-6-7-11-18(17)26-2/h3-11,15H,12-14H2,1-2H3,(H,22,25). The zero-order valence-electron chi connectivity index (χ0n) is 15.9. The molecule has 0 aliphatic heterocycles. The van der Waals surface area contributed by atoms with Crippen LogP contribution in [0.1, 0.15) is 29.9 Å². The Bertz CT molecular complexity index is 899. The van der Waals surface area contributed by atoms with E-state index in [9.17, 15) is 4.79 Å². The minimum absolute atomic E-state index is 0.103. The molecule has 0 saturated heterocycles. The zero-order chi connectivity index (χ0) is 19.8. The number of carbonyl (C=O) groups is 1. The summed E-state index contributed by atoms with van der Waals surface area (Å²) in [6.45, 7) is 2.53. The summed E-state index contributed by atoms with van der Waals surface area (Å²) >= 11 is 1.23. The van der Waals surface area contributed by atoms with Crippen LogP contribution in [-0.2, 0) is 17.8 Å². The Morgan fingerprint density at radius 2 is 1.89 bits per heavy atom. The number of rotatable bonds is 9. The molecule has 1 N–H and O–H groups in total. The highest BCUT2D eigenvalue weighted by atomic mass is 32.2. The second-order valence-corrected chi connectivity index (χ2v) is 7.28. The van der Waals surface area contributed by atoms with Crippen LogP contribution in [0.2, 0.25) is 0 Å². The Morgan fingerprint density at radius 3 is 2.68 bits per heavy atom. The highest BCUT2D eigenvalue weighted by molar-refractivity contribution is 7.99. The number of aromatic nitrogens is 2. The van der Waals surface area contributed by atoms with E-state index in [0.717, 1.165) is 11.3 Å². The summed E-state index contributed by atoms with van der Waals surface area (Å²) in [6, 6.07) is 17.8. The van der Waals surface area contributed by atoms with Gasteiger partial charge in [0.05, 0.1) is 12.9 Å². The van der Waals surface area contributed by atoms with Gasteiger partial charge in [-0.3, -0.25) is 4.79 Å². The van der Waals surface area contributed by atoms with E-state index in [1.54, 1.807) is 7.11 Å². The number of nitrogens with zero attached hydrogens (tertiary/aromatic N) is 2. The maximum atomic E-state index is 12.1. The summed E-state index contributed by atoms with van der Waals surface area (Å²) in [4.78, 5) is 12.1. The molecule has 1 heterocycles. The minimum Gasteiger partial charge on any atom is -0.496 e. The molecule has 3 aromatic rings. The lowest BCUT2D eigenvalue weighted by Crippen LogP contribution is -2.24. The first-order valence-corrected chi connectivity index (χ1v) is 10.0. The number of nitrogens with one attached hydrogen (secondary N) is 1. The third-order valence-electron chi connectivity index (χ3n) is 4.29. The summed E-state index contributed by atoms with van der Waals surface area (Å²) < 4.78 is 10.9. The number of methoxy groups -OCH3 is 1. The second-order valence-electron chi connectivity index (χ2n) is 6.35. The lowest BCUT2D eigenvalue weighted by atomic mass is 9.98. The normalized spacial score (nSPS) is 11.8. The fourth-order valence-corrected chi connectivity index (χ4v) is 3.37. The molecule has 3 rings (SSSR count). The van der Waals surface area contributed by atoms with Gasteiger partial charge in [-0.15, -0.1) is 10.2 Å². The quantitative estimate of drug-likeness (QED) is 0.553. The molecule has 0 bridgehead atoms. The van der Waals surface area contributed by atoms with Crippen LogP contribution >= 0.6 is 11.8 Å². The number of amides is 1. The molecular formula is C21H23N3O3S. The molecule has 146 valence electrons. The number of para-hydroxylation sites is 1. The van der Waals surface area contributed by atoms with Gasteiger partial charge in [0.1, 0.15) is 5.75 Å². The van der Waals surface area contributed by atoms with E-state index < -0.39 is 0 Å². The lowest BCUT2D eigenvalue weighted by Gasteiger charge is -2.09. The number of hydrogen-bond acceptors (Lipinski definition) is 6. The van der Waals surface area contributed by atoms with E-state index in [0.29, 0.717) is 24.1 Å². The number of carbonyl (C=O) groups excluding carboxylic acids is 1. The largest absolute Gasteiger partial charge is 0.496 e. The molecule has 0 aliphatic rings. The van der Waals surface area contributed by atoms with Crippen molar-refractivity contribution in [2.75, 3.05) is 12.9 Å². The molecule has 7 heteroatoms. The van der Waals surface area contributed by atoms with Gasteiger partial charge in [0.25, 0.3) is 5.22 Å². The van der Waals surface area contributed by atoms with Gasteiger partial charge in [-0.2, -0.15) is 0 Å². The highest BCUT2D eigenvalue weighted by Crippen LogP contribution is 2.22. The van der Waals surface area contributed by atoms with Gasteiger partial charge in [0.15, 0.2) is 0 Å². The molecule has 0 spiro atoms. The van der Waals surface area contributed by atoms with Gasteiger partial charge < -0.3 is 14.5 Å². The van der Waals surface area contributed by atoms with Gasteiger partial charge in [-0.25, -0.2) is 0 Å². The summed E-state index contributed by atoms with van der Waals surface area (Å²) in [7, 11) is 1.61. The van der Waals surface area contributed by atoms with Crippen molar-refractivity contribution in [3.63, 3.8) is 0 Å². The molecule has 0 aliphatic carbocycles. The van der Waals surface area contributed by atoms with Crippen molar-refractivity contribution < 1.29 is 13.9 Å². The Kier molecular flexibility index (Phi) is 7.08. The van der Waals surface area contributed by atoms with Crippen molar-refractivity contribution in [2.45, 2.75) is 31.0 Å². The van der Waals surface area contributed by atoms with Gasteiger partial charge in [0, 0.05) is 18.5 Å². The van der Waals surface area contributed by atoms with Crippen molar-refractivity contribution >= 4 is 17.7 Å². The Labute approximate surface area is 168 Å². The highest BCUT2D eigenvalue weighted by Gasteiger charge is 2.14. The molecule has 1 atom stereocenters. The topological polar surface area (TPSA) is 77.2 Å². The smallest absolute Gasteiger partial charge is 0.277 e. The molecule has 0 radical (unpaired) electrons. The van der Waals surface area contributed by atoms with Gasteiger partial charge in [-0.05, 0) is 17.5 Å². The molecule has 1 unspecified atom stereocenters. The number of benzene rings is 2. The van der Waals surface area contributed by atoms with Crippen LogP contribution in [0.5, 0.6) is 5.75 Å². The van der Waals surface area contributed by atoms with Crippen molar-refractivity contribution in [1.29, 1.82) is 0 Å². The maximum absolute atomic E-state index is 12.1. The summed E-state index contributed by atoms with van der Waals surface area (Å²) in [6.07, 6.45) is 0.664. The van der Waals surface area contributed by atoms with Crippen molar-refractivity contribution in [1.82, 2.24) is 15.5 Å². The summed E-state index contributed by atoms with van der Waals surface area (Å²) in [5.74, 6) is 1.72. The lowest BCUT2D eigenvalue weighted by molar-refractivity contribution is -0.118. The van der Waals surface area contributed by atoms with Gasteiger partial charge in [-0.1, -0.05) is 67.2 Å². The van der Waals surface area contributed by atoms with Crippen LogP contribution in [0.15, 0.2) is 64.2 Å². The van der Waals surface area contributed by atoms with E-state index in [1.165, 1.54) is 17.3 Å². The van der Waals surface area contributed by atoms with E-state index in [2.05, 4.69) is 34.6 Å². The molecule has 1 aromatic heterocycles. The van der Waals surface area contributed by atoms with Crippen molar-refractivity contribution in [3.05, 3.63) is 71.6 Å². The molecule has 0 saturated carbocycles. The van der Waals surface area contributed by atoms with Crippen LogP contribution in [0, 0.1) is 0 Å². The van der Waals surface area contributed by atoms with Crippen LogP contribution < -0.4 is 10.1 Å². The van der Waals surface area contributed by atoms with E-state index in [1.807, 2.05) is 42.5 Å². The number of thioether (sulfide) groups is 1. The van der Waals surface area contributed by atoms with Crippen LogP contribution in [0.4, 0.5) is 0 Å². The Balaban J connectivity index is 1.45. The second kappa shape index (κ2) is 9.94. The summed E-state index contributed by atoms with van der Waals surface area (Å²) in [5, 5.41) is 11.4. The molecule has 0 fully saturated rings.